The second-order valence-corrected chi connectivity index (χ2v) is 8.79. The molecule has 1 fully saturated rings. The standard InChI is InChI=1S/C22H24N2O5S/c1-3-16-8-10-17(11-9-16)30(25,26)21-22(24-12-14-28-15-13-24)29-20(23-21)18-6-4-5-7-19(18)27-2/h4-11H,3,12-15H2,1-2H3. The lowest BCUT2D eigenvalue weighted by Gasteiger charge is -2.26. The zero-order valence-corrected chi connectivity index (χ0v) is 17.8. The maximum Gasteiger partial charge on any atom is 0.236 e. The quantitative estimate of drug-likeness (QED) is 0.593. The lowest BCUT2D eigenvalue weighted by molar-refractivity contribution is 0.120. The molecule has 0 atom stereocenters. The first-order chi connectivity index (χ1) is 14.5. The van der Waals surface area contributed by atoms with Crippen molar-refractivity contribution < 1.29 is 22.3 Å². The minimum Gasteiger partial charge on any atom is -0.496 e. The van der Waals surface area contributed by atoms with Gasteiger partial charge in [0, 0.05) is 13.1 Å². The van der Waals surface area contributed by atoms with Crippen molar-refractivity contribution in [3.05, 3.63) is 54.1 Å². The summed E-state index contributed by atoms with van der Waals surface area (Å²) < 4.78 is 43.8. The third kappa shape index (κ3) is 3.80. The van der Waals surface area contributed by atoms with Crippen LogP contribution in [-0.2, 0) is 21.0 Å². The third-order valence-corrected chi connectivity index (χ3v) is 6.78. The minimum absolute atomic E-state index is 0.0884. The number of hydrogen-bond donors (Lipinski definition) is 0. The van der Waals surface area contributed by atoms with Gasteiger partial charge in [-0.1, -0.05) is 31.2 Å². The predicted octanol–water partition coefficient (Wildman–Crippen LogP) is 3.58. The molecule has 0 unspecified atom stereocenters. The van der Waals surface area contributed by atoms with E-state index in [1.165, 1.54) is 0 Å². The summed E-state index contributed by atoms with van der Waals surface area (Å²) in [6.45, 7) is 4.07. The fourth-order valence-electron chi connectivity index (χ4n) is 3.39. The highest BCUT2D eigenvalue weighted by atomic mass is 32.2. The Morgan fingerprint density at radius 3 is 2.43 bits per heavy atom. The summed E-state index contributed by atoms with van der Waals surface area (Å²) in [4.78, 5) is 6.49. The molecule has 30 heavy (non-hydrogen) atoms. The van der Waals surface area contributed by atoms with Crippen molar-refractivity contribution in [1.82, 2.24) is 4.98 Å². The molecule has 7 nitrogen and oxygen atoms in total. The molecular formula is C22H24N2O5S. The number of para-hydroxylation sites is 1. The number of rotatable bonds is 6. The number of anilines is 1. The zero-order valence-electron chi connectivity index (χ0n) is 17.0. The van der Waals surface area contributed by atoms with Crippen LogP contribution in [-0.4, -0.2) is 46.8 Å². The summed E-state index contributed by atoms with van der Waals surface area (Å²) in [5, 5.41) is -0.0884. The van der Waals surface area contributed by atoms with Gasteiger partial charge in [0.15, 0.2) is 0 Å². The van der Waals surface area contributed by atoms with Crippen LogP contribution in [0.2, 0.25) is 0 Å². The molecule has 2 heterocycles. The minimum atomic E-state index is -3.88. The number of ether oxygens (including phenoxy) is 2. The monoisotopic (exact) mass is 428 g/mol. The van der Waals surface area contributed by atoms with Crippen molar-refractivity contribution in [2.75, 3.05) is 38.3 Å². The number of morpholine rings is 1. The van der Waals surface area contributed by atoms with Gasteiger partial charge in [0.25, 0.3) is 0 Å². The molecule has 0 amide bonds. The zero-order chi connectivity index (χ0) is 21.1. The van der Waals surface area contributed by atoms with E-state index in [2.05, 4.69) is 4.98 Å². The van der Waals surface area contributed by atoms with Crippen molar-refractivity contribution >= 4 is 15.7 Å². The van der Waals surface area contributed by atoms with Gasteiger partial charge in [0.1, 0.15) is 5.75 Å². The van der Waals surface area contributed by atoms with Gasteiger partial charge in [0.2, 0.25) is 26.6 Å². The maximum absolute atomic E-state index is 13.5. The van der Waals surface area contributed by atoms with Crippen LogP contribution in [0.4, 0.5) is 5.88 Å². The van der Waals surface area contributed by atoms with E-state index in [0.717, 1.165) is 12.0 Å². The molecule has 0 saturated carbocycles. The number of methoxy groups -OCH3 is 1. The van der Waals surface area contributed by atoms with Gasteiger partial charge < -0.3 is 18.8 Å². The molecule has 0 spiro atoms. The molecular weight excluding hydrogens is 404 g/mol. The van der Waals surface area contributed by atoms with Gasteiger partial charge in [-0.2, -0.15) is 4.98 Å². The molecule has 1 aliphatic heterocycles. The molecule has 0 radical (unpaired) electrons. The average molecular weight is 429 g/mol. The highest BCUT2D eigenvalue weighted by Gasteiger charge is 2.32. The lowest BCUT2D eigenvalue weighted by Crippen LogP contribution is -2.36. The maximum atomic E-state index is 13.5. The van der Waals surface area contributed by atoms with Crippen LogP contribution in [0.5, 0.6) is 5.75 Å². The lowest BCUT2D eigenvalue weighted by atomic mass is 10.2. The largest absolute Gasteiger partial charge is 0.496 e. The van der Waals surface area contributed by atoms with Crippen LogP contribution in [0, 0.1) is 0 Å². The van der Waals surface area contributed by atoms with E-state index >= 15 is 0 Å². The van der Waals surface area contributed by atoms with Gasteiger partial charge in [-0.3, -0.25) is 0 Å². The van der Waals surface area contributed by atoms with Crippen molar-refractivity contribution in [3.63, 3.8) is 0 Å². The number of aromatic nitrogens is 1. The van der Waals surface area contributed by atoms with E-state index in [9.17, 15) is 8.42 Å². The van der Waals surface area contributed by atoms with Crippen molar-refractivity contribution in [1.29, 1.82) is 0 Å². The molecule has 0 N–H and O–H groups in total. The van der Waals surface area contributed by atoms with Crippen LogP contribution in [0.1, 0.15) is 12.5 Å². The molecule has 8 heteroatoms. The Balaban J connectivity index is 1.85. The van der Waals surface area contributed by atoms with Gasteiger partial charge in [0.05, 0.1) is 30.8 Å². The summed E-state index contributed by atoms with van der Waals surface area (Å²) in [5.41, 5.74) is 1.66. The molecule has 2 aromatic carbocycles. The summed E-state index contributed by atoms with van der Waals surface area (Å²) in [7, 11) is -2.33. The number of hydrogen-bond acceptors (Lipinski definition) is 7. The number of nitrogens with zero attached hydrogens (tertiary/aromatic N) is 2. The van der Waals surface area contributed by atoms with Crippen LogP contribution < -0.4 is 9.64 Å². The molecule has 0 aliphatic carbocycles. The molecule has 1 aliphatic rings. The Morgan fingerprint density at radius 1 is 1.07 bits per heavy atom. The number of oxazole rings is 1. The Kier molecular flexibility index (Phi) is 5.78. The van der Waals surface area contributed by atoms with Crippen LogP contribution in [0.3, 0.4) is 0 Å². The molecule has 3 aromatic rings. The summed E-state index contributed by atoms with van der Waals surface area (Å²) in [6, 6.07) is 14.1. The van der Waals surface area contributed by atoms with Crippen LogP contribution in [0.15, 0.2) is 62.9 Å². The summed E-state index contributed by atoms with van der Waals surface area (Å²) in [6.07, 6.45) is 0.835. The third-order valence-electron chi connectivity index (χ3n) is 5.11. The van der Waals surface area contributed by atoms with Gasteiger partial charge in [-0.25, -0.2) is 8.42 Å². The second-order valence-electron chi connectivity index (χ2n) is 6.93. The molecule has 0 bridgehead atoms. The number of benzene rings is 2. The normalized spacial score (nSPS) is 14.7. The fraction of sp³-hybridized carbons (Fsp3) is 0.318. The van der Waals surface area contributed by atoms with E-state index in [4.69, 9.17) is 13.9 Å². The number of aryl methyl sites for hydroxylation is 1. The van der Waals surface area contributed by atoms with Crippen molar-refractivity contribution in [2.45, 2.75) is 23.3 Å². The molecule has 4 rings (SSSR count). The predicted molar refractivity (Wildman–Crippen MR) is 113 cm³/mol. The van der Waals surface area contributed by atoms with E-state index in [1.54, 1.807) is 31.4 Å². The van der Waals surface area contributed by atoms with Gasteiger partial charge in [-0.05, 0) is 36.2 Å². The molecule has 1 aromatic heterocycles. The first-order valence-electron chi connectivity index (χ1n) is 9.85. The smallest absolute Gasteiger partial charge is 0.236 e. The Bertz CT molecular complexity index is 1120. The van der Waals surface area contributed by atoms with Crippen LogP contribution >= 0.6 is 0 Å². The Morgan fingerprint density at radius 2 is 1.77 bits per heavy atom. The van der Waals surface area contributed by atoms with Crippen molar-refractivity contribution in [2.24, 2.45) is 0 Å². The first kappa shape index (κ1) is 20.4. The van der Waals surface area contributed by atoms with E-state index in [0.29, 0.717) is 37.6 Å². The van der Waals surface area contributed by atoms with Gasteiger partial charge >= 0.3 is 0 Å². The average Bonchev–Trinajstić information content (AvgIpc) is 3.26. The topological polar surface area (TPSA) is 81.9 Å². The highest BCUT2D eigenvalue weighted by molar-refractivity contribution is 7.91. The van der Waals surface area contributed by atoms with E-state index < -0.39 is 9.84 Å². The Labute approximate surface area is 176 Å². The van der Waals surface area contributed by atoms with E-state index in [-0.39, 0.29) is 21.7 Å². The number of sulfone groups is 1. The first-order valence-corrected chi connectivity index (χ1v) is 11.3. The fourth-order valence-corrected chi connectivity index (χ4v) is 4.71. The summed E-state index contributed by atoms with van der Waals surface area (Å²) in [5.74, 6) is 1.000. The van der Waals surface area contributed by atoms with Crippen LogP contribution in [0.25, 0.3) is 11.5 Å². The molecule has 1 saturated heterocycles. The summed E-state index contributed by atoms with van der Waals surface area (Å²) >= 11 is 0. The van der Waals surface area contributed by atoms with Gasteiger partial charge in [-0.15, -0.1) is 0 Å². The SMILES string of the molecule is CCc1ccc(S(=O)(=O)c2nc(-c3ccccc3OC)oc2N2CCOCC2)cc1. The Hall–Kier alpha value is -2.84. The second kappa shape index (κ2) is 8.49. The highest BCUT2D eigenvalue weighted by Crippen LogP contribution is 2.37. The van der Waals surface area contributed by atoms with Crippen molar-refractivity contribution in [3.8, 4) is 17.2 Å². The molecule has 158 valence electrons. The van der Waals surface area contributed by atoms with E-state index in [1.807, 2.05) is 36.1 Å².